The van der Waals surface area contributed by atoms with Crippen LogP contribution in [0.1, 0.15) is 36.6 Å². The molecule has 3 rings (SSSR count). The van der Waals surface area contributed by atoms with Gasteiger partial charge in [0.2, 0.25) is 5.91 Å². The molecule has 1 aliphatic carbocycles. The monoisotopic (exact) mass is 279 g/mol. The Hall–Kier alpha value is -1.36. The van der Waals surface area contributed by atoms with Crippen LogP contribution in [0.4, 0.5) is 0 Å². The van der Waals surface area contributed by atoms with Crippen molar-refractivity contribution in [1.29, 1.82) is 0 Å². The van der Waals surface area contributed by atoms with Crippen molar-refractivity contribution < 1.29 is 14.7 Å². The minimum atomic E-state index is -0.823. The number of carbonyl (C=O) groups excluding carboxylic acids is 1. The van der Waals surface area contributed by atoms with E-state index in [1.165, 1.54) is 4.88 Å². The van der Waals surface area contributed by atoms with E-state index in [-0.39, 0.29) is 17.9 Å². The van der Waals surface area contributed by atoms with Gasteiger partial charge in [-0.2, -0.15) is 0 Å². The van der Waals surface area contributed by atoms with E-state index in [2.05, 4.69) is 6.07 Å². The highest BCUT2D eigenvalue weighted by atomic mass is 32.1. The zero-order valence-corrected chi connectivity index (χ0v) is 11.4. The molecule has 1 saturated heterocycles. The molecule has 1 aromatic rings. The van der Waals surface area contributed by atoms with Gasteiger partial charge in [0, 0.05) is 11.4 Å². The summed E-state index contributed by atoms with van der Waals surface area (Å²) >= 11 is 1.68. The van der Waals surface area contributed by atoms with Crippen molar-refractivity contribution in [2.24, 2.45) is 11.8 Å². The van der Waals surface area contributed by atoms with Crippen LogP contribution in [-0.2, 0) is 9.59 Å². The summed E-state index contributed by atoms with van der Waals surface area (Å²) in [5.41, 5.74) is 0. The molecule has 2 fully saturated rings. The van der Waals surface area contributed by atoms with Crippen LogP contribution in [0.25, 0.3) is 0 Å². The maximum Gasteiger partial charge on any atom is 0.307 e. The lowest BCUT2D eigenvalue weighted by Gasteiger charge is -2.36. The fourth-order valence-electron chi connectivity index (χ4n) is 3.11. The Balaban J connectivity index is 1.74. The molecule has 0 radical (unpaired) electrons. The second-order valence-electron chi connectivity index (χ2n) is 5.33. The average Bonchev–Trinajstić information content (AvgIpc) is 2.97. The molecule has 4 nitrogen and oxygen atoms in total. The number of likely N-dealkylation sites (tertiary alicyclic amines) is 1. The number of rotatable bonds is 3. The van der Waals surface area contributed by atoms with Crippen LogP contribution in [0.15, 0.2) is 17.5 Å². The number of hydrogen-bond donors (Lipinski definition) is 1. The van der Waals surface area contributed by atoms with Crippen molar-refractivity contribution in [3.63, 3.8) is 0 Å². The second kappa shape index (κ2) is 4.96. The Morgan fingerprint density at radius 2 is 2.05 bits per heavy atom. The Kier molecular flexibility index (Phi) is 3.31. The molecule has 102 valence electrons. The molecule has 1 N–H and O–H groups in total. The first kappa shape index (κ1) is 12.7. The van der Waals surface area contributed by atoms with Crippen LogP contribution in [0.2, 0.25) is 0 Å². The molecule has 0 aromatic carbocycles. The van der Waals surface area contributed by atoms with E-state index >= 15 is 0 Å². The summed E-state index contributed by atoms with van der Waals surface area (Å²) in [5.74, 6) is -1.53. The zero-order valence-electron chi connectivity index (χ0n) is 10.6. The summed E-state index contributed by atoms with van der Waals surface area (Å²) in [6.45, 7) is 0.768. The van der Waals surface area contributed by atoms with Gasteiger partial charge >= 0.3 is 5.97 Å². The third-order valence-electron chi connectivity index (χ3n) is 4.32. The van der Waals surface area contributed by atoms with E-state index in [0.29, 0.717) is 6.42 Å². The molecule has 1 aromatic heterocycles. The van der Waals surface area contributed by atoms with Crippen molar-refractivity contribution in [3.8, 4) is 0 Å². The number of carbonyl (C=O) groups is 2. The summed E-state index contributed by atoms with van der Waals surface area (Å²) in [7, 11) is 0. The first-order valence-electron chi connectivity index (χ1n) is 6.75. The molecule has 1 aliphatic heterocycles. The number of hydrogen-bond acceptors (Lipinski definition) is 3. The highest BCUT2D eigenvalue weighted by molar-refractivity contribution is 7.10. The minimum absolute atomic E-state index is 0.0505. The molecule has 3 atom stereocenters. The molecule has 2 heterocycles. The van der Waals surface area contributed by atoms with Crippen LogP contribution < -0.4 is 0 Å². The maximum absolute atomic E-state index is 12.5. The number of aliphatic carboxylic acids is 1. The molecular weight excluding hydrogens is 262 g/mol. The lowest BCUT2D eigenvalue weighted by molar-refractivity contribution is -0.157. The second-order valence-corrected chi connectivity index (χ2v) is 6.31. The SMILES string of the molecule is O=C(O)C1CCC1C(=O)N1CCCC1c1cccs1. The van der Waals surface area contributed by atoms with Crippen molar-refractivity contribution in [3.05, 3.63) is 22.4 Å². The Labute approximate surface area is 116 Å². The van der Waals surface area contributed by atoms with Gasteiger partial charge in [-0.3, -0.25) is 9.59 Å². The number of carboxylic acids is 1. The highest BCUT2D eigenvalue weighted by Gasteiger charge is 2.45. The fourth-order valence-corrected chi connectivity index (χ4v) is 3.98. The van der Waals surface area contributed by atoms with E-state index in [1.807, 2.05) is 16.3 Å². The standard InChI is InChI=1S/C14H17NO3S/c16-13(9-5-6-10(9)14(17)18)15-7-1-3-11(15)12-4-2-8-19-12/h2,4,8-11H,1,3,5-7H2,(H,17,18). The van der Waals surface area contributed by atoms with Gasteiger partial charge in [0.1, 0.15) is 0 Å². The summed E-state index contributed by atoms with van der Waals surface area (Å²) in [6, 6.07) is 4.24. The molecule has 19 heavy (non-hydrogen) atoms. The normalized spacial score (nSPS) is 30.1. The Bertz CT molecular complexity index is 485. The topological polar surface area (TPSA) is 57.6 Å². The maximum atomic E-state index is 12.5. The summed E-state index contributed by atoms with van der Waals surface area (Å²) in [4.78, 5) is 26.7. The van der Waals surface area contributed by atoms with Gasteiger partial charge in [-0.1, -0.05) is 6.07 Å². The summed E-state index contributed by atoms with van der Waals surface area (Å²) in [5, 5.41) is 11.1. The van der Waals surface area contributed by atoms with Gasteiger partial charge in [0.05, 0.1) is 17.9 Å². The van der Waals surface area contributed by atoms with E-state index in [4.69, 9.17) is 5.11 Å². The van der Waals surface area contributed by atoms with Crippen LogP contribution in [0, 0.1) is 11.8 Å². The van der Waals surface area contributed by atoms with Crippen LogP contribution in [0.3, 0.4) is 0 Å². The van der Waals surface area contributed by atoms with Gasteiger partial charge in [-0.15, -0.1) is 11.3 Å². The van der Waals surface area contributed by atoms with Gasteiger partial charge in [0.25, 0.3) is 0 Å². The number of carboxylic acid groups (broad SMARTS) is 1. The molecule has 5 heteroatoms. The largest absolute Gasteiger partial charge is 0.481 e. The van der Waals surface area contributed by atoms with Crippen LogP contribution >= 0.6 is 11.3 Å². The summed E-state index contributed by atoms with van der Waals surface area (Å²) < 4.78 is 0. The van der Waals surface area contributed by atoms with E-state index in [1.54, 1.807) is 11.3 Å². The summed E-state index contributed by atoms with van der Waals surface area (Å²) in [6.07, 6.45) is 3.38. The third kappa shape index (κ3) is 2.16. The number of amides is 1. The van der Waals surface area contributed by atoms with E-state index < -0.39 is 11.9 Å². The number of thiophene rings is 1. The quantitative estimate of drug-likeness (QED) is 0.925. The predicted octanol–water partition coefficient (Wildman–Crippen LogP) is 2.52. The van der Waals surface area contributed by atoms with Crippen molar-refractivity contribution in [1.82, 2.24) is 4.90 Å². The predicted molar refractivity (Wildman–Crippen MR) is 71.9 cm³/mol. The molecule has 0 spiro atoms. The lowest BCUT2D eigenvalue weighted by Crippen LogP contribution is -2.45. The van der Waals surface area contributed by atoms with Crippen LogP contribution in [-0.4, -0.2) is 28.4 Å². The van der Waals surface area contributed by atoms with Gasteiger partial charge in [-0.25, -0.2) is 0 Å². The molecule has 1 amide bonds. The molecule has 3 unspecified atom stereocenters. The Morgan fingerprint density at radius 1 is 1.26 bits per heavy atom. The van der Waals surface area contributed by atoms with Crippen LogP contribution in [0.5, 0.6) is 0 Å². The van der Waals surface area contributed by atoms with Crippen molar-refractivity contribution in [2.75, 3.05) is 6.54 Å². The zero-order chi connectivity index (χ0) is 13.4. The van der Waals surface area contributed by atoms with E-state index in [0.717, 1.165) is 25.8 Å². The number of nitrogens with zero attached hydrogens (tertiary/aromatic N) is 1. The van der Waals surface area contributed by atoms with Gasteiger partial charge < -0.3 is 10.0 Å². The first-order chi connectivity index (χ1) is 9.18. The van der Waals surface area contributed by atoms with Gasteiger partial charge in [0.15, 0.2) is 0 Å². The molecule has 2 aliphatic rings. The van der Waals surface area contributed by atoms with Crippen molar-refractivity contribution >= 4 is 23.2 Å². The van der Waals surface area contributed by atoms with E-state index in [9.17, 15) is 9.59 Å². The lowest BCUT2D eigenvalue weighted by atomic mass is 9.73. The smallest absolute Gasteiger partial charge is 0.307 e. The third-order valence-corrected chi connectivity index (χ3v) is 5.29. The minimum Gasteiger partial charge on any atom is -0.481 e. The Morgan fingerprint density at radius 3 is 2.63 bits per heavy atom. The average molecular weight is 279 g/mol. The molecular formula is C14H17NO3S. The first-order valence-corrected chi connectivity index (χ1v) is 7.63. The van der Waals surface area contributed by atoms with Gasteiger partial charge in [-0.05, 0) is 37.1 Å². The fraction of sp³-hybridized carbons (Fsp3) is 0.571. The molecule has 1 saturated carbocycles. The molecule has 0 bridgehead atoms. The van der Waals surface area contributed by atoms with Crippen molar-refractivity contribution in [2.45, 2.75) is 31.7 Å². The highest BCUT2D eigenvalue weighted by Crippen LogP contribution is 2.41.